The zero-order valence-corrected chi connectivity index (χ0v) is 11.7. The van der Waals surface area contributed by atoms with Crippen LogP contribution in [-0.2, 0) is 11.8 Å². The third-order valence-electron chi connectivity index (χ3n) is 3.61. The normalized spacial score (nSPS) is 13.5. The third kappa shape index (κ3) is 2.80. The molecule has 0 aliphatic rings. The van der Waals surface area contributed by atoms with Crippen LogP contribution in [0, 0.1) is 0 Å². The minimum atomic E-state index is -0.00204. The first-order valence-corrected chi connectivity index (χ1v) is 7.11. The Labute approximate surface area is 113 Å². The quantitative estimate of drug-likeness (QED) is 0.640. The van der Waals surface area contributed by atoms with E-state index in [0.717, 1.165) is 6.42 Å². The first-order valence-electron chi connectivity index (χ1n) is 6.17. The van der Waals surface area contributed by atoms with Crippen LogP contribution in [0.25, 0.3) is 0 Å². The Morgan fingerprint density at radius 3 is 2.50 bits per heavy atom. The van der Waals surface area contributed by atoms with Gasteiger partial charge in [0.1, 0.15) is 0 Å². The Kier molecular flexibility index (Phi) is 4.17. The van der Waals surface area contributed by atoms with Crippen LogP contribution in [0.15, 0.2) is 47.2 Å². The second-order valence-corrected chi connectivity index (χ2v) is 5.92. The Bertz CT molecular complexity index is 463. The van der Waals surface area contributed by atoms with Gasteiger partial charge in [0.05, 0.1) is 0 Å². The highest BCUT2D eigenvalue weighted by Crippen LogP contribution is 2.29. The fourth-order valence-corrected chi connectivity index (χ4v) is 2.92. The lowest BCUT2D eigenvalue weighted by molar-refractivity contribution is 0.342. The standard InChI is InChI=1S/C15H20N2S/c1-15(2,13-6-4-3-5-7-13)14(17-16)10-12-8-9-18-11-12/h3-9,11,14,17H,10,16H2,1-2H3. The van der Waals surface area contributed by atoms with Gasteiger partial charge in [0, 0.05) is 11.5 Å². The SMILES string of the molecule is CC(C)(c1ccccc1)C(Cc1ccsc1)NN. The molecule has 1 aromatic heterocycles. The highest BCUT2D eigenvalue weighted by Gasteiger charge is 2.30. The van der Waals surface area contributed by atoms with Crippen molar-refractivity contribution in [2.24, 2.45) is 5.84 Å². The molecule has 0 fully saturated rings. The molecule has 0 spiro atoms. The smallest absolute Gasteiger partial charge is 0.0342 e. The van der Waals surface area contributed by atoms with Crippen molar-refractivity contribution in [2.45, 2.75) is 31.7 Å². The molecule has 0 saturated heterocycles. The monoisotopic (exact) mass is 260 g/mol. The number of thiophene rings is 1. The molecule has 0 aliphatic carbocycles. The van der Waals surface area contributed by atoms with Crippen LogP contribution < -0.4 is 11.3 Å². The lowest BCUT2D eigenvalue weighted by atomic mass is 9.76. The number of hydrogen-bond donors (Lipinski definition) is 2. The second kappa shape index (κ2) is 5.65. The van der Waals surface area contributed by atoms with Gasteiger partial charge in [-0.15, -0.1) is 0 Å². The van der Waals surface area contributed by atoms with E-state index in [1.807, 2.05) is 6.07 Å². The van der Waals surface area contributed by atoms with Crippen molar-refractivity contribution < 1.29 is 0 Å². The summed E-state index contributed by atoms with van der Waals surface area (Å²) >= 11 is 1.73. The van der Waals surface area contributed by atoms with E-state index < -0.39 is 0 Å². The molecule has 18 heavy (non-hydrogen) atoms. The van der Waals surface area contributed by atoms with Gasteiger partial charge >= 0.3 is 0 Å². The van der Waals surface area contributed by atoms with Gasteiger partial charge in [0.25, 0.3) is 0 Å². The molecule has 1 aromatic carbocycles. The van der Waals surface area contributed by atoms with Crippen LogP contribution in [0.2, 0.25) is 0 Å². The van der Waals surface area contributed by atoms with E-state index in [1.54, 1.807) is 11.3 Å². The molecular weight excluding hydrogens is 240 g/mol. The summed E-state index contributed by atoms with van der Waals surface area (Å²) in [7, 11) is 0. The Balaban J connectivity index is 2.21. The van der Waals surface area contributed by atoms with Gasteiger partial charge < -0.3 is 0 Å². The molecule has 0 amide bonds. The van der Waals surface area contributed by atoms with Gasteiger partial charge in [0.15, 0.2) is 0 Å². The van der Waals surface area contributed by atoms with Gasteiger partial charge in [-0.3, -0.25) is 11.3 Å². The van der Waals surface area contributed by atoms with Crippen LogP contribution in [0.1, 0.15) is 25.0 Å². The molecule has 1 atom stereocenters. The van der Waals surface area contributed by atoms with Crippen molar-refractivity contribution in [1.29, 1.82) is 0 Å². The zero-order valence-electron chi connectivity index (χ0n) is 10.9. The summed E-state index contributed by atoms with van der Waals surface area (Å²) in [6.07, 6.45) is 0.946. The minimum Gasteiger partial charge on any atom is -0.271 e. The molecule has 3 heteroatoms. The van der Waals surface area contributed by atoms with Crippen LogP contribution in [-0.4, -0.2) is 6.04 Å². The number of rotatable bonds is 5. The molecule has 0 aliphatic heterocycles. The van der Waals surface area contributed by atoms with Gasteiger partial charge in [0.2, 0.25) is 0 Å². The highest BCUT2D eigenvalue weighted by molar-refractivity contribution is 7.07. The van der Waals surface area contributed by atoms with Crippen LogP contribution in [0.4, 0.5) is 0 Å². The lowest BCUT2D eigenvalue weighted by Crippen LogP contribution is -2.49. The van der Waals surface area contributed by atoms with E-state index in [-0.39, 0.29) is 11.5 Å². The van der Waals surface area contributed by atoms with Crippen molar-refractivity contribution in [3.63, 3.8) is 0 Å². The van der Waals surface area contributed by atoms with Gasteiger partial charge in [-0.2, -0.15) is 11.3 Å². The maximum absolute atomic E-state index is 5.77. The topological polar surface area (TPSA) is 38.0 Å². The van der Waals surface area contributed by atoms with Crippen molar-refractivity contribution in [2.75, 3.05) is 0 Å². The predicted molar refractivity (Wildman–Crippen MR) is 78.6 cm³/mol. The average molecular weight is 260 g/mol. The molecule has 3 N–H and O–H groups in total. The van der Waals surface area contributed by atoms with E-state index in [1.165, 1.54) is 11.1 Å². The van der Waals surface area contributed by atoms with Crippen molar-refractivity contribution >= 4 is 11.3 Å². The molecule has 0 radical (unpaired) electrons. The molecular formula is C15H20N2S. The summed E-state index contributed by atoms with van der Waals surface area (Å²) in [5.41, 5.74) is 5.63. The average Bonchev–Trinajstić information content (AvgIpc) is 2.89. The third-order valence-corrected chi connectivity index (χ3v) is 4.34. The van der Waals surface area contributed by atoms with Crippen molar-refractivity contribution in [3.8, 4) is 0 Å². The summed E-state index contributed by atoms with van der Waals surface area (Å²) in [5, 5.41) is 4.30. The largest absolute Gasteiger partial charge is 0.271 e. The molecule has 96 valence electrons. The summed E-state index contributed by atoms with van der Waals surface area (Å²) in [5.74, 6) is 5.77. The highest BCUT2D eigenvalue weighted by atomic mass is 32.1. The second-order valence-electron chi connectivity index (χ2n) is 5.14. The van der Waals surface area contributed by atoms with E-state index in [0.29, 0.717) is 0 Å². The summed E-state index contributed by atoms with van der Waals surface area (Å²) in [6.45, 7) is 4.47. The minimum absolute atomic E-state index is 0.00204. The number of nitrogens with one attached hydrogen (secondary N) is 1. The first-order chi connectivity index (χ1) is 8.64. The molecule has 0 bridgehead atoms. The van der Waals surface area contributed by atoms with E-state index in [4.69, 9.17) is 5.84 Å². The summed E-state index contributed by atoms with van der Waals surface area (Å²) in [6, 6.07) is 12.9. The number of benzene rings is 1. The Hall–Kier alpha value is -1.16. The van der Waals surface area contributed by atoms with Crippen LogP contribution in [0.5, 0.6) is 0 Å². The molecule has 1 heterocycles. The summed E-state index contributed by atoms with van der Waals surface area (Å²) < 4.78 is 0. The molecule has 2 aromatic rings. The molecule has 1 unspecified atom stereocenters. The predicted octanol–water partition coefficient (Wildman–Crippen LogP) is 3.10. The summed E-state index contributed by atoms with van der Waals surface area (Å²) in [4.78, 5) is 0. The molecule has 0 saturated carbocycles. The fraction of sp³-hybridized carbons (Fsp3) is 0.333. The van der Waals surface area contributed by atoms with E-state index in [2.05, 4.69) is 60.4 Å². The lowest BCUT2D eigenvalue weighted by Gasteiger charge is -2.34. The number of nitrogens with two attached hydrogens (primary N) is 1. The van der Waals surface area contributed by atoms with Gasteiger partial charge in [-0.25, -0.2) is 0 Å². The van der Waals surface area contributed by atoms with E-state index in [9.17, 15) is 0 Å². The van der Waals surface area contributed by atoms with Crippen LogP contribution in [0.3, 0.4) is 0 Å². The zero-order chi connectivity index (χ0) is 13.0. The Morgan fingerprint density at radius 1 is 1.22 bits per heavy atom. The van der Waals surface area contributed by atoms with Gasteiger partial charge in [-0.1, -0.05) is 44.2 Å². The van der Waals surface area contributed by atoms with Gasteiger partial charge in [-0.05, 0) is 34.4 Å². The maximum Gasteiger partial charge on any atom is 0.0342 e. The molecule has 2 nitrogen and oxygen atoms in total. The number of hydrogen-bond acceptors (Lipinski definition) is 3. The first kappa shape index (κ1) is 13.3. The van der Waals surface area contributed by atoms with Crippen LogP contribution >= 0.6 is 11.3 Å². The fourth-order valence-electron chi connectivity index (χ4n) is 2.24. The van der Waals surface area contributed by atoms with Crippen molar-refractivity contribution in [3.05, 3.63) is 58.3 Å². The molecule has 2 rings (SSSR count). The Morgan fingerprint density at radius 2 is 1.94 bits per heavy atom. The van der Waals surface area contributed by atoms with Crippen molar-refractivity contribution in [1.82, 2.24) is 5.43 Å². The van der Waals surface area contributed by atoms with E-state index >= 15 is 0 Å². The number of hydrazine groups is 1. The maximum atomic E-state index is 5.77.